The van der Waals surface area contributed by atoms with Gasteiger partial charge in [-0.1, -0.05) is 23.4 Å². The van der Waals surface area contributed by atoms with Crippen LogP contribution in [0.3, 0.4) is 0 Å². The van der Waals surface area contributed by atoms with Gasteiger partial charge in [-0.05, 0) is 32.9 Å². The van der Waals surface area contributed by atoms with E-state index in [1.54, 1.807) is 4.68 Å². The third kappa shape index (κ3) is 3.85. The predicted octanol–water partition coefficient (Wildman–Crippen LogP) is 2.17. The Labute approximate surface area is 145 Å². The average molecular weight is 339 g/mol. The molecule has 0 fully saturated rings. The Kier molecular flexibility index (Phi) is 4.78. The smallest absolute Gasteiger partial charge is 0.315 e. The van der Waals surface area contributed by atoms with E-state index in [9.17, 15) is 4.79 Å². The molecule has 1 aromatic carbocycles. The van der Waals surface area contributed by atoms with Crippen molar-refractivity contribution in [2.75, 3.05) is 0 Å². The molecule has 0 aliphatic carbocycles. The van der Waals surface area contributed by atoms with Gasteiger partial charge >= 0.3 is 6.03 Å². The number of aromatic nitrogens is 5. The summed E-state index contributed by atoms with van der Waals surface area (Å²) in [5, 5.41) is 21.0. The van der Waals surface area contributed by atoms with Gasteiger partial charge < -0.3 is 10.6 Å². The Morgan fingerprint density at radius 3 is 2.72 bits per heavy atom. The number of hydrogen-bond donors (Lipinski definition) is 3. The summed E-state index contributed by atoms with van der Waals surface area (Å²) in [7, 11) is 0. The first kappa shape index (κ1) is 16.7. The summed E-state index contributed by atoms with van der Waals surface area (Å²) in [5.41, 5.74) is 4.45. The van der Waals surface area contributed by atoms with Gasteiger partial charge in [0.05, 0.1) is 23.6 Å². The van der Waals surface area contributed by atoms with Crippen LogP contribution >= 0.6 is 0 Å². The summed E-state index contributed by atoms with van der Waals surface area (Å²) in [6, 6.07) is 9.18. The first-order chi connectivity index (χ1) is 12.0. The maximum Gasteiger partial charge on any atom is 0.315 e. The van der Waals surface area contributed by atoms with E-state index in [4.69, 9.17) is 0 Å². The van der Waals surface area contributed by atoms with Gasteiger partial charge in [0.1, 0.15) is 5.69 Å². The first-order valence-electron chi connectivity index (χ1n) is 8.07. The third-order valence-electron chi connectivity index (χ3n) is 4.03. The second-order valence-electron chi connectivity index (χ2n) is 5.88. The van der Waals surface area contributed by atoms with Gasteiger partial charge in [-0.3, -0.25) is 5.10 Å². The fourth-order valence-electron chi connectivity index (χ4n) is 2.51. The molecule has 3 rings (SSSR count). The van der Waals surface area contributed by atoms with Crippen molar-refractivity contribution in [2.45, 2.75) is 33.4 Å². The van der Waals surface area contributed by atoms with Gasteiger partial charge in [-0.2, -0.15) is 5.10 Å². The third-order valence-corrected chi connectivity index (χ3v) is 4.03. The van der Waals surface area contributed by atoms with Gasteiger partial charge in [0.2, 0.25) is 0 Å². The molecule has 25 heavy (non-hydrogen) atoms. The molecule has 2 heterocycles. The van der Waals surface area contributed by atoms with E-state index in [1.165, 1.54) is 0 Å². The lowest BCUT2D eigenvalue weighted by Crippen LogP contribution is -2.36. The summed E-state index contributed by atoms with van der Waals surface area (Å²) in [6.45, 7) is 6.12. The Bertz CT molecular complexity index is 834. The number of aromatic amines is 1. The highest BCUT2D eigenvalue weighted by atomic mass is 16.2. The summed E-state index contributed by atoms with van der Waals surface area (Å²) in [4.78, 5) is 12.1. The molecule has 0 saturated heterocycles. The quantitative estimate of drug-likeness (QED) is 0.663. The molecule has 2 amide bonds. The zero-order valence-corrected chi connectivity index (χ0v) is 14.4. The number of hydrogen-bond acceptors (Lipinski definition) is 4. The number of nitrogens with one attached hydrogen (secondary N) is 3. The highest BCUT2D eigenvalue weighted by Crippen LogP contribution is 2.12. The number of para-hydroxylation sites is 1. The molecule has 8 nitrogen and oxygen atoms in total. The number of urea groups is 1. The van der Waals surface area contributed by atoms with Crippen LogP contribution in [0.5, 0.6) is 0 Å². The van der Waals surface area contributed by atoms with Crippen molar-refractivity contribution in [1.29, 1.82) is 0 Å². The standard InChI is InChI=1S/C17H21N7O/c1-11-15(12(2)21-20-11)9-18-17(25)19-13(3)16-10-24(23-22-16)14-7-5-4-6-8-14/h4-8,10,13H,9H2,1-3H3,(H,20,21)(H2,18,19,25). The van der Waals surface area contributed by atoms with Crippen molar-refractivity contribution in [3.63, 3.8) is 0 Å². The average Bonchev–Trinajstić information content (AvgIpc) is 3.22. The number of nitrogens with zero attached hydrogens (tertiary/aromatic N) is 4. The Balaban J connectivity index is 1.58. The van der Waals surface area contributed by atoms with Crippen molar-refractivity contribution < 1.29 is 4.79 Å². The van der Waals surface area contributed by atoms with E-state index < -0.39 is 0 Å². The van der Waals surface area contributed by atoms with Crippen LogP contribution in [-0.2, 0) is 6.54 Å². The Morgan fingerprint density at radius 2 is 2.04 bits per heavy atom. The zero-order chi connectivity index (χ0) is 17.8. The molecule has 2 aromatic heterocycles. The lowest BCUT2D eigenvalue weighted by molar-refractivity contribution is 0.237. The molecule has 3 N–H and O–H groups in total. The van der Waals surface area contributed by atoms with E-state index in [1.807, 2.05) is 57.3 Å². The minimum Gasteiger partial charge on any atom is -0.334 e. The number of carbonyl (C=O) groups excluding carboxylic acids is 1. The molecule has 3 aromatic rings. The fraction of sp³-hybridized carbons (Fsp3) is 0.294. The number of H-pyrrole nitrogens is 1. The molecule has 8 heteroatoms. The Morgan fingerprint density at radius 1 is 1.28 bits per heavy atom. The molecule has 0 bridgehead atoms. The first-order valence-corrected chi connectivity index (χ1v) is 8.07. The normalized spacial score (nSPS) is 12.0. The van der Waals surface area contributed by atoms with Gasteiger partial charge in [0.25, 0.3) is 0 Å². The van der Waals surface area contributed by atoms with E-state index >= 15 is 0 Å². The summed E-state index contributed by atoms with van der Waals surface area (Å²) in [6.07, 6.45) is 1.81. The van der Waals surface area contributed by atoms with Crippen molar-refractivity contribution in [3.8, 4) is 5.69 Å². The van der Waals surface area contributed by atoms with Crippen molar-refractivity contribution in [3.05, 3.63) is 59.2 Å². The van der Waals surface area contributed by atoms with E-state index in [0.717, 1.165) is 22.6 Å². The van der Waals surface area contributed by atoms with Gasteiger partial charge in [0, 0.05) is 17.8 Å². The summed E-state index contributed by atoms with van der Waals surface area (Å²) >= 11 is 0. The van der Waals surface area contributed by atoms with Crippen molar-refractivity contribution in [2.24, 2.45) is 0 Å². The van der Waals surface area contributed by atoms with Gasteiger partial charge in [0.15, 0.2) is 0 Å². The molecule has 130 valence electrons. The number of carbonyl (C=O) groups is 1. The SMILES string of the molecule is Cc1n[nH]c(C)c1CNC(=O)NC(C)c1cn(-c2ccccc2)nn1. The lowest BCUT2D eigenvalue weighted by Gasteiger charge is -2.12. The lowest BCUT2D eigenvalue weighted by atomic mass is 10.2. The zero-order valence-electron chi connectivity index (χ0n) is 14.4. The molecule has 0 saturated carbocycles. The maximum atomic E-state index is 12.1. The second-order valence-corrected chi connectivity index (χ2v) is 5.88. The highest BCUT2D eigenvalue weighted by Gasteiger charge is 2.14. The number of rotatable bonds is 5. The predicted molar refractivity (Wildman–Crippen MR) is 93.2 cm³/mol. The second kappa shape index (κ2) is 7.16. The molecule has 0 spiro atoms. The molecule has 1 atom stereocenters. The summed E-state index contributed by atoms with van der Waals surface area (Å²) < 4.78 is 1.68. The minimum atomic E-state index is -0.262. The Hall–Kier alpha value is -3.16. The van der Waals surface area contributed by atoms with Gasteiger partial charge in [-0.15, -0.1) is 5.10 Å². The minimum absolute atomic E-state index is 0.260. The van der Waals surface area contributed by atoms with Gasteiger partial charge in [-0.25, -0.2) is 9.48 Å². The molecule has 1 unspecified atom stereocenters. The molecule has 0 aliphatic rings. The van der Waals surface area contributed by atoms with E-state index in [2.05, 4.69) is 31.1 Å². The number of amides is 2. The maximum absolute atomic E-state index is 12.1. The topological polar surface area (TPSA) is 101 Å². The van der Waals surface area contributed by atoms with Crippen LogP contribution in [0.25, 0.3) is 5.69 Å². The van der Waals surface area contributed by atoms with Crippen LogP contribution in [-0.4, -0.2) is 31.2 Å². The van der Waals surface area contributed by atoms with Crippen LogP contribution in [0.2, 0.25) is 0 Å². The number of aryl methyl sites for hydroxylation is 2. The van der Waals surface area contributed by atoms with E-state index in [-0.39, 0.29) is 12.1 Å². The molecule has 0 aliphatic heterocycles. The van der Waals surface area contributed by atoms with Crippen molar-refractivity contribution in [1.82, 2.24) is 35.8 Å². The van der Waals surface area contributed by atoms with Crippen LogP contribution in [0.1, 0.15) is 35.6 Å². The summed E-state index contributed by atoms with van der Waals surface area (Å²) in [5.74, 6) is 0. The molecule has 0 radical (unpaired) electrons. The van der Waals surface area contributed by atoms with Crippen LogP contribution in [0.4, 0.5) is 4.79 Å². The number of benzene rings is 1. The highest BCUT2D eigenvalue weighted by molar-refractivity contribution is 5.74. The van der Waals surface area contributed by atoms with E-state index in [0.29, 0.717) is 12.2 Å². The van der Waals surface area contributed by atoms with Crippen LogP contribution < -0.4 is 10.6 Å². The molecular weight excluding hydrogens is 318 g/mol. The van der Waals surface area contributed by atoms with Crippen molar-refractivity contribution >= 4 is 6.03 Å². The monoisotopic (exact) mass is 339 g/mol. The van der Waals surface area contributed by atoms with Crippen LogP contribution in [0, 0.1) is 13.8 Å². The fourth-order valence-corrected chi connectivity index (χ4v) is 2.51. The largest absolute Gasteiger partial charge is 0.334 e. The van der Waals surface area contributed by atoms with Crippen LogP contribution in [0.15, 0.2) is 36.5 Å². The molecular formula is C17H21N7O.